The molecule has 0 saturated carbocycles. The van der Waals surface area contributed by atoms with Crippen LogP contribution >= 0.6 is 11.6 Å². The lowest BCUT2D eigenvalue weighted by atomic mass is 10.0. The molecule has 94 valence electrons. The van der Waals surface area contributed by atoms with Crippen LogP contribution in [0.3, 0.4) is 0 Å². The van der Waals surface area contributed by atoms with E-state index < -0.39 is 35.4 Å². The summed E-state index contributed by atoms with van der Waals surface area (Å²) in [5.74, 6) is -4.73. The van der Waals surface area contributed by atoms with E-state index in [1.165, 1.54) is 0 Å². The van der Waals surface area contributed by atoms with Crippen LogP contribution in [-0.2, 0) is 0 Å². The molecule has 0 saturated heterocycles. The van der Waals surface area contributed by atoms with Gasteiger partial charge in [-0.05, 0) is 17.7 Å². The molecule has 0 aliphatic heterocycles. The summed E-state index contributed by atoms with van der Waals surface area (Å²) >= 11 is 5.27. The number of hydrogen-bond acceptors (Lipinski definition) is 3. The maximum atomic E-state index is 13.2. The molecular formula is C10H9ClF2O4. The van der Waals surface area contributed by atoms with Crippen LogP contribution in [0.4, 0.5) is 8.78 Å². The van der Waals surface area contributed by atoms with Gasteiger partial charge in [0.15, 0.2) is 0 Å². The van der Waals surface area contributed by atoms with E-state index in [0.717, 1.165) is 0 Å². The summed E-state index contributed by atoms with van der Waals surface area (Å²) in [5.41, 5.74) is -1.39. The summed E-state index contributed by atoms with van der Waals surface area (Å²) in [6.07, 6.45) is -2.98. The third kappa shape index (κ3) is 2.91. The molecule has 17 heavy (non-hydrogen) atoms. The quantitative estimate of drug-likeness (QED) is 0.718. The number of carboxylic acid groups (broad SMARTS) is 1. The highest BCUT2D eigenvalue weighted by Gasteiger charge is 2.23. The first-order valence-electron chi connectivity index (χ1n) is 4.52. The molecule has 0 aromatic heterocycles. The van der Waals surface area contributed by atoms with Gasteiger partial charge < -0.3 is 15.3 Å². The first-order chi connectivity index (χ1) is 7.88. The Labute approximate surface area is 100 Å². The molecule has 1 rings (SSSR count). The molecule has 0 heterocycles. The van der Waals surface area contributed by atoms with Gasteiger partial charge in [-0.15, -0.1) is 11.6 Å². The molecule has 0 aliphatic carbocycles. The second-order valence-corrected chi connectivity index (χ2v) is 3.64. The van der Waals surface area contributed by atoms with Gasteiger partial charge in [0.25, 0.3) is 0 Å². The van der Waals surface area contributed by atoms with Gasteiger partial charge in [-0.2, -0.15) is 0 Å². The maximum absolute atomic E-state index is 13.2. The number of carboxylic acids is 1. The third-order valence-corrected chi connectivity index (χ3v) is 2.46. The molecule has 0 radical (unpaired) electrons. The Morgan fingerprint density at radius 2 is 1.76 bits per heavy atom. The predicted octanol–water partition coefficient (Wildman–Crippen LogP) is 1.30. The van der Waals surface area contributed by atoms with E-state index in [9.17, 15) is 23.8 Å². The van der Waals surface area contributed by atoms with E-state index >= 15 is 0 Å². The van der Waals surface area contributed by atoms with Crippen molar-refractivity contribution in [1.82, 2.24) is 0 Å². The lowest BCUT2D eigenvalue weighted by Gasteiger charge is -2.16. The number of aliphatic hydroxyl groups excluding tert-OH is 2. The first-order valence-corrected chi connectivity index (χ1v) is 5.06. The molecule has 4 nitrogen and oxygen atoms in total. The summed E-state index contributed by atoms with van der Waals surface area (Å²) in [4.78, 5) is 10.5. The molecule has 1 aromatic carbocycles. The van der Waals surface area contributed by atoms with Crippen molar-refractivity contribution >= 4 is 17.6 Å². The van der Waals surface area contributed by atoms with Gasteiger partial charge >= 0.3 is 5.97 Å². The van der Waals surface area contributed by atoms with Gasteiger partial charge in [0.05, 0.1) is 12.0 Å². The first kappa shape index (κ1) is 13.8. The molecule has 7 heteroatoms. The normalized spacial score (nSPS) is 14.4. The fraction of sp³-hybridized carbons (Fsp3) is 0.300. The van der Waals surface area contributed by atoms with Crippen molar-refractivity contribution in [3.8, 4) is 0 Å². The zero-order valence-corrected chi connectivity index (χ0v) is 9.16. The Hall–Kier alpha value is -1.24. The van der Waals surface area contributed by atoms with Gasteiger partial charge in [0.1, 0.15) is 23.3 Å². The van der Waals surface area contributed by atoms with Crippen LogP contribution in [0.2, 0.25) is 0 Å². The smallest absolute Gasteiger partial charge is 0.341 e. The lowest BCUT2D eigenvalue weighted by molar-refractivity contribution is 0.0323. The van der Waals surface area contributed by atoms with Crippen molar-refractivity contribution in [2.24, 2.45) is 0 Å². The highest BCUT2D eigenvalue weighted by molar-refractivity contribution is 6.18. The van der Waals surface area contributed by atoms with Gasteiger partial charge in [-0.25, -0.2) is 13.6 Å². The summed E-state index contributed by atoms with van der Waals surface area (Å²) in [5, 5.41) is 27.2. The third-order valence-electron chi connectivity index (χ3n) is 2.14. The van der Waals surface area contributed by atoms with Crippen LogP contribution in [-0.4, -0.2) is 33.3 Å². The molecule has 0 bridgehead atoms. The van der Waals surface area contributed by atoms with Crippen LogP contribution in [0.5, 0.6) is 0 Å². The predicted molar refractivity (Wildman–Crippen MR) is 55.0 cm³/mol. The summed E-state index contributed by atoms with van der Waals surface area (Å²) in [6, 6.07) is 1.29. The van der Waals surface area contributed by atoms with E-state index in [1.807, 2.05) is 0 Å². The number of rotatable bonds is 4. The molecule has 0 fully saturated rings. The zero-order valence-electron chi connectivity index (χ0n) is 8.40. The van der Waals surface area contributed by atoms with Gasteiger partial charge in [0.2, 0.25) is 0 Å². The molecule has 2 atom stereocenters. The standard InChI is InChI=1S/C10H9ClF2O4/c11-3-7(14)9(15)4-1-5(12)8(10(16)17)6(13)2-4/h1-2,7,9,14-15H,3H2,(H,16,17). The molecule has 2 unspecified atom stereocenters. The van der Waals surface area contributed by atoms with Crippen molar-refractivity contribution in [3.63, 3.8) is 0 Å². The number of alkyl halides is 1. The van der Waals surface area contributed by atoms with E-state index in [2.05, 4.69) is 0 Å². The SMILES string of the molecule is O=C(O)c1c(F)cc(C(O)C(O)CCl)cc1F. The Morgan fingerprint density at radius 3 is 2.12 bits per heavy atom. The van der Waals surface area contributed by atoms with Crippen LogP contribution < -0.4 is 0 Å². The molecule has 0 amide bonds. The minimum atomic E-state index is -1.75. The number of halogens is 3. The maximum Gasteiger partial charge on any atom is 0.341 e. The number of carbonyl (C=O) groups is 1. The summed E-state index contributed by atoms with van der Waals surface area (Å²) in [7, 11) is 0. The van der Waals surface area contributed by atoms with Crippen molar-refractivity contribution in [2.75, 3.05) is 5.88 Å². The van der Waals surface area contributed by atoms with Crippen LogP contribution in [0.25, 0.3) is 0 Å². The molecule has 0 spiro atoms. The van der Waals surface area contributed by atoms with E-state index in [0.29, 0.717) is 12.1 Å². The van der Waals surface area contributed by atoms with Crippen molar-refractivity contribution in [3.05, 3.63) is 34.9 Å². The highest BCUT2D eigenvalue weighted by Crippen LogP contribution is 2.23. The van der Waals surface area contributed by atoms with Crippen molar-refractivity contribution < 1.29 is 28.9 Å². The lowest BCUT2D eigenvalue weighted by Crippen LogP contribution is -2.20. The molecular weight excluding hydrogens is 258 g/mol. The second kappa shape index (κ2) is 5.39. The van der Waals surface area contributed by atoms with E-state index in [4.69, 9.17) is 16.7 Å². The summed E-state index contributed by atoms with van der Waals surface area (Å²) < 4.78 is 26.5. The fourth-order valence-corrected chi connectivity index (χ4v) is 1.44. The van der Waals surface area contributed by atoms with E-state index in [-0.39, 0.29) is 11.4 Å². The second-order valence-electron chi connectivity index (χ2n) is 3.33. The summed E-state index contributed by atoms with van der Waals surface area (Å²) in [6.45, 7) is 0. The Bertz CT molecular complexity index is 415. The zero-order chi connectivity index (χ0) is 13.2. The minimum Gasteiger partial charge on any atom is -0.477 e. The van der Waals surface area contributed by atoms with Crippen molar-refractivity contribution in [1.29, 1.82) is 0 Å². The number of benzene rings is 1. The van der Waals surface area contributed by atoms with Gasteiger partial charge in [0, 0.05) is 0 Å². The largest absolute Gasteiger partial charge is 0.477 e. The van der Waals surface area contributed by atoms with Crippen LogP contribution in [0.15, 0.2) is 12.1 Å². The highest BCUT2D eigenvalue weighted by atomic mass is 35.5. The Kier molecular flexibility index (Phi) is 4.39. The van der Waals surface area contributed by atoms with Crippen LogP contribution in [0, 0.1) is 11.6 Å². The number of aliphatic hydroxyl groups is 2. The van der Waals surface area contributed by atoms with Gasteiger partial charge in [-0.1, -0.05) is 0 Å². The molecule has 0 aliphatic rings. The number of hydrogen-bond donors (Lipinski definition) is 3. The average molecular weight is 267 g/mol. The topological polar surface area (TPSA) is 77.8 Å². The van der Waals surface area contributed by atoms with Crippen LogP contribution in [0.1, 0.15) is 22.0 Å². The fourth-order valence-electron chi connectivity index (χ4n) is 1.27. The molecule has 1 aromatic rings. The molecule has 3 N–H and O–H groups in total. The minimum absolute atomic E-state index is 0.279. The Balaban J connectivity index is 3.19. The van der Waals surface area contributed by atoms with Gasteiger partial charge in [-0.3, -0.25) is 0 Å². The van der Waals surface area contributed by atoms with Crippen molar-refractivity contribution in [2.45, 2.75) is 12.2 Å². The van der Waals surface area contributed by atoms with E-state index in [1.54, 1.807) is 0 Å². The Morgan fingerprint density at radius 1 is 1.29 bits per heavy atom. The average Bonchev–Trinajstić information content (AvgIpc) is 2.25. The number of aromatic carboxylic acids is 1. The monoisotopic (exact) mass is 266 g/mol.